The van der Waals surface area contributed by atoms with Crippen molar-refractivity contribution in [1.29, 1.82) is 0 Å². The predicted molar refractivity (Wildman–Crippen MR) is 77.6 cm³/mol. The largest absolute Gasteiger partial charge is 0.505 e. The van der Waals surface area contributed by atoms with Crippen molar-refractivity contribution in [3.8, 4) is 0 Å². The Morgan fingerprint density at radius 1 is 0.833 bits per heavy atom. The summed E-state index contributed by atoms with van der Waals surface area (Å²) in [5.74, 6) is 0. The normalized spacial score (nSPS) is 15.7. The molecule has 0 aliphatic carbocycles. The minimum absolute atomic E-state index is 0.0160. The first-order chi connectivity index (χ1) is 8.54. The summed E-state index contributed by atoms with van der Waals surface area (Å²) >= 11 is 0. The SMILES string of the molecule is CCCO[Si](OCCC)(OCCC)C(C)C(C)N. The van der Waals surface area contributed by atoms with Crippen LogP contribution in [0.4, 0.5) is 0 Å². The number of rotatable bonds is 11. The molecule has 0 saturated carbocycles. The monoisotopic (exact) mass is 277 g/mol. The fraction of sp³-hybridized carbons (Fsp3) is 1.00. The minimum Gasteiger partial charge on any atom is -0.373 e. The van der Waals surface area contributed by atoms with Crippen LogP contribution in [0.1, 0.15) is 53.9 Å². The van der Waals surface area contributed by atoms with Gasteiger partial charge in [-0.3, -0.25) is 0 Å². The lowest BCUT2D eigenvalue weighted by Gasteiger charge is -2.36. The molecular formula is C13H31NO3Si. The Kier molecular flexibility index (Phi) is 9.95. The highest BCUT2D eigenvalue weighted by Gasteiger charge is 2.48. The molecule has 0 aromatic rings. The van der Waals surface area contributed by atoms with Crippen LogP contribution in [0.2, 0.25) is 5.54 Å². The molecule has 4 nitrogen and oxygen atoms in total. The summed E-state index contributed by atoms with van der Waals surface area (Å²) in [6.07, 6.45) is 2.89. The van der Waals surface area contributed by atoms with Gasteiger partial charge in [0.1, 0.15) is 0 Å². The Labute approximate surface area is 114 Å². The van der Waals surface area contributed by atoms with E-state index in [4.69, 9.17) is 19.0 Å². The van der Waals surface area contributed by atoms with Crippen molar-refractivity contribution in [1.82, 2.24) is 0 Å². The van der Waals surface area contributed by atoms with Crippen molar-refractivity contribution in [2.75, 3.05) is 19.8 Å². The van der Waals surface area contributed by atoms with Crippen molar-refractivity contribution in [3.05, 3.63) is 0 Å². The lowest BCUT2D eigenvalue weighted by Crippen LogP contribution is -2.54. The predicted octanol–water partition coefficient (Wildman–Crippen LogP) is 2.94. The van der Waals surface area contributed by atoms with E-state index in [-0.39, 0.29) is 11.6 Å². The first-order valence-corrected chi connectivity index (χ1v) is 9.01. The minimum atomic E-state index is -2.65. The zero-order chi connectivity index (χ0) is 14.0. The molecule has 0 spiro atoms. The first-order valence-electron chi connectivity index (χ1n) is 7.21. The maximum atomic E-state index is 6.03. The molecule has 0 bridgehead atoms. The van der Waals surface area contributed by atoms with Gasteiger partial charge >= 0.3 is 8.80 Å². The Bertz CT molecular complexity index is 181. The number of hydrogen-bond acceptors (Lipinski definition) is 4. The van der Waals surface area contributed by atoms with E-state index in [1.54, 1.807) is 0 Å². The number of nitrogens with two attached hydrogens (primary N) is 1. The van der Waals surface area contributed by atoms with E-state index in [1.165, 1.54) is 0 Å². The van der Waals surface area contributed by atoms with Gasteiger partial charge in [-0.1, -0.05) is 27.7 Å². The van der Waals surface area contributed by atoms with E-state index in [1.807, 2.05) is 6.92 Å². The average molecular weight is 277 g/mol. The highest BCUT2D eigenvalue weighted by Crippen LogP contribution is 2.28. The summed E-state index contributed by atoms with van der Waals surface area (Å²) < 4.78 is 18.1. The van der Waals surface area contributed by atoms with E-state index in [0.717, 1.165) is 19.3 Å². The topological polar surface area (TPSA) is 53.7 Å². The van der Waals surface area contributed by atoms with E-state index in [9.17, 15) is 0 Å². The van der Waals surface area contributed by atoms with Gasteiger partial charge in [-0.2, -0.15) is 0 Å². The van der Waals surface area contributed by atoms with Crippen LogP contribution in [-0.4, -0.2) is 34.7 Å². The molecule has 2 N–H and O–H groups in total. The van der Waals surface area contributed by atoms with Crippen LogP contribution in [0.25, 0.3) is 0 Å². The molecule has 0 aliphatic rings. The molecule has 0 aromatic heterocycles. The van der Waals surface area contributed by atoms with Gasteiger partial charge in [0.15, 0.2) is 0 Å². The second-order valence-corrected chi connectivity index (χ2v) is 7.78. The van der Waals surface area contributed by atoms with Gasteiger partial charge in [0.2, 0.25) is 0 Å². The Hall–Kier alpha value is 0.0569. The third-order valence-electron chi connectivity index (χ3n) is 2.87. The van der Waals surface area contributed by atoms with Crippen molar-refractivity contribution in [2.24, 2.45) is 5.73 Å². The Balaban J connectivity index is 4.84. The first kappa shape index (κ1) is 18.1. The second kappa shape index (κ2) is 9.92. The summed E-state index contributed by atoms with van der Waals surface area (Å²) in [6, 6.07) is 0.0160. The summed E-state index contributed by atoms with van der Waals surface area (Å²) in [5.41, 5.74) is 6.16. The van der Waals surface area contributed by atoms with Crippen LogP contribution < -0.4 is 5.73 Å². The molecule has 2 unspecified atom stereocenters. The van der Waals surface area contributed by atoms with Gasteiger partial charge in [-0.25, -0.2) is 0 Å². The van der Waals surface area contributed by atoms with E-state index in [0.29, 0.717) is 19.8 Å². The average Bonchev–Trinajstić information content (AvgIpc) is 2.37. The van der Waals surface area contributed by atoms with Crippen LogP contribution >= 0.6 is 0 Å². The maximum absolute atomic E-state index is 6.03. The van der Waals surface area contributed by atoms with Gasteiger partial charge in [0, 0.05) is 31.4 Å². The van der Waals surface area contributed by atoms with Gasteiger partial charge < -0.3 is 19.0 Å². The summed E-state index contributed by atoms with van der Waals surface area (Å²) in [7, 11) is -2.65. The molecule has 0 amide bonds. The quantitative estimate of drug-likeness (QED) is 0.590. The van der Waals surface area contributed by atoms with Crippen molar-refractivity contribution >= 4 is 8.80 Å². The fourth-order valence-corrected chi connectivity index (χ4v) is 4.72. The molecule has 0 radical (unpaired) electrons. The second-order valence-electron chi connectivity index (χ2n) is 4.80. The van der Waals surface area contributed by atoms with Gasteiger partial charge in [0.25, 0.3) is 0 Å². The van der Waals surface area contributed by atoms with Crippen LogP contribution in [0.3, 0.4) is 0 Å². The zero-order valence-corrected chi connectivity index (χ0v) is 13.7. The molecular weight excluding hydrogens is 246 g/mol. The standard InChI is InChI=1S/C13H31NO3Si/c1-6-9-15-18(16-10-7-2,17-11-8-3)13(5)12(4)14/h12-13H,6-11,14H2,1-5H3. The third kappa shape index (κ3) is 5.80. The fourth-order valence-electron chi connectivity index (χ4n) is 1.57. The molecule has 0 fully saturated rings. The summed E-state index contributed by atoms with van der Waals surface area (Å²) in [4.78, 5) is 0. The van der Waals surface area contributed by atoms with Gasteiger partial charge in [0.05, 0.1) is 0 Å². The molecule has 5 heteroatoms. The molecule has 110 valence electrons. The van der Waals surface area contributed by atoms with Gasteiger partial charge in [-0.15, -0.1) is 0 Å². The molecule has 0 rings (SSSR count). The molecule has 0 saturated heterocycles. The van der Waals surface area contributed by atoms with Crippen molar-refractivity contribution in [3.63, 3.8) is 0 Å². The summed E-state index contributed by atoms with van der Waals surface area (Å²) in [6.45, 7) is 12.4. The van der Waals surface area contributed by atoms with E-state index >= 15 is 0 Å². The highest BCUT2D eigenvalue weighted by atomic mass is 28.4. The molecule has 2 atom stereocenters. The lowest BCUT2D eigenvalue weighted by molar-refractivity contribution is 0.0489. The lowest BCUT2D eigenvalue weighted by atomic mass is 10.3. The third-order valence-corrected chi connectivity index (χ3v) is 6.33. The summed E-state index contributed by atoms with van der Waals surface area (Å²) in [5, 5.41) is 0. The highest BCUT2D eigenvalue weighted by molar-refractivity contribution is 6.62. The maximum Gasteiger partial charge on any atom is 0.505 e. The number of hydrogen-bond donors (Lipinski definition) is 1. The van der Waals surface area contributed by atoms with E-state index < -0.39 is 8.80 Å². The van der Waals surface area contributed by atoms with Gasteiger partial charge in [-0.05, 0) is 26.2 Å². The molecule has 18 heavy (non-hydrogen) atoms. The van der Waals surface area contributed by atoms with E-state index in [2.05, 4.69) is 27.7 Å². The van der Waals surface area contributed by atoms with Crippen molar-refractivity contribution < 1.29 is 13.3 Å². The van der Waals surface area contributed by atoms with Crippen molar-refractivity contribution in [2.45, 2.75) is 65.5 Å². The smallest absolute Gasteiger partial charge is 0.373 e. The van der Waals surface area contributed by atoms with Crippen LogP contribution in [0.5, 0.6) is 0 Å². The Morgan fingerprint density at radius 2 is 1.17 bits per heavy atom. The zero-order valence-electron chi connectivity index (χ0n) is 12.7. The van der Waals surface area contributed by atoms with Crippen LogP contribution in [0, 0.1) is 0 Å². The van der Waals surface area contributed by atoms with Crippen LogP contribution in [-0.2, 0) is 13.3 Å². The molecule has 0 heterocycles. The Morgan fingerprint density at radius 3 is 1.39 bits per heavy atom. The molecule has 0 aromatic carbocycles. The van der Waals surface area contributed by atoms with Crippen LogP contribution in [0.15, 0.2) is 0 Å². The molecule has 0 aliphatic heterocycles.